The fraction of sp³-hybridized carbons (Fsp3) is 0.958. The highest BCUT2D eigenvalue weighted by atomic mass is 16.6. The van der Waals surface area contributed by atoms with Crippen molar-refractivity contribution >= 4 is 5.97 Å². The molecule has 4 bridgehead atoms. The smallest absolute Gasteiger partial charge is 0.308 e. The van der Waals surface area contributed by atoms with E-state index in [9.17, 15) is 9.90 Å². The molecule has 3 nitrogen and oxygen atoms in total. The number of hydrogen-bond acceptors (Lipinski definition) is 3. The Labute approximate surface area is 164 Å². The van der Waals surface area contributed by atoms with Gasteiger partial charge in [0, 0.05) is 5.92 Å². The van der Waals surface area contributed by atoms with Gasteiger partial charge in [0.2, 0.25) is 0 Å². The Morgan fingerprint density at radius 2 is 1.85 bits per heavy atom. The van der Waals surface area contributed by atoms with E-state index in [-0.39, 0.29) is 18.0 Å². The lowest BCUT2D eigenvalue weighted by molar-refractivity contribution is -0.173. The normalized spacial score (nSPS) is 53.7. The van der Waals surface area contributed by atoms with Crippen molar-refractivity contribution < 1.29 is 14.6 Å². The van der Waals surface area contributed by atoms with E-state index >= 15 is 0 Å². The molecular formula is C24H38O3. The number of aliphatic hydroxyl groups is 1. The van der Waals surface area contributed by atoms with Gasteiger partial charge in [-0.1, -0.05) is 27.2 Å². The molecule has 27 heavy (non-hydrogen) atoms. The van der Waals surface area contributed by atoms with Crippen molar-refractivity contribution in [2.75, 3.05) is 0 Å². The molecule has 0 amide bonds. The Balaban J connectivity index is 1.22. The van der Waals surface area contributed by atoms with Gasteiger partial charge in [-0.25, -0.2) is 0 Å². The zero-order valence-corrected chi connectivity index (χ0v) is 17.4. The summed E-state index contributed by atoms with van der Waals surface area (Å²) in [4.78, 5) is 12.9. The van der Waals surface area contributed by atoms with Crippen molar-refractivity contribution in [1.82, 2.24) is 0 Å². The Morgan fingerprint density at radius 1 is 1.07 bits per heavy atom. The van der Waals surface area contributed by atoms with Crippen LogP contribution in [0, 0.1) is 53.3 Å². The zero-order valence-electron chi connectivity index (χ0n) is 17.4. The van der Waals surface area contributed by atoms with Crippen molar-refractivity contribution in [3.8, 4) is 0 Å². The Bertz CT molecular complexity index is 600. The van der Waals surface area contributed by atoms with Crippen LogP contribution in [-0.2, 0) is 9.53 Å². The first kappa shape index (κ1) is 18.5. The minimum Gasteiger partial charge on any atom is -0.459 e. The summed E-state index contributed by atoms with van der Waals surface area (Å²) in [7, 11) is 0. The average molecular weight is 375 g/mol. The third-order valence-electron chi connectivity index (χ3n) is 10.3. The second-order valence-corrected chi connectivity index (χ2v) is 11.0. The van der Waals surface area contributed by atoms with Crippen molar-refractivity contribution in [3.63, 3.8) is 0 Å². The molecule has 0 heterocycles. The van der Waals surface area contributed by atoms with Crippen LogP contribution < -0.4 is 0 Å². The van der Waals surface area contributed by atoms with E-state index < -0.39 is 6.10 Å². The van der Waals surface area contributed by atoms with Gasteiger partial charge in [0.25, 0.3) is 0 Å². The molecule has 5 fully saturated rings. The summed E-state index contributed by atoms with van der Waals surface area (Å²) >= 11 is 0. The lowest BCUT2D eigenvalue weighted by Crippen LogP contribution is -2.45. The molecule has 11 atom stereocenters. The van der Waals surface area contributed by atoms with Crippen LogP contribution in [0.4, 0.5) is 0 Å². The topological polar surface area (TPSA) is 46.5 Å². The molecule has 3 heteroatoms. The third kappa shape index (κ3) is 2.66. The Hall–Kier alpha value is -0.570. The van der Waals surface area contributed by atoms with Gasteiger partial charge in [0.1, 0.15) is 5.60 Å². The number of carbonyl (C=O) groups excluding carboxylic acids is 1. The predicted octanol–water partition coefficient (Wildman–Crippen LogP) is 4.81. The maximum atomic E-state index is 12.9. The second kappa shape index (κ2) is 6.47. The second-order valence-electron chi connectivity index (χ2n) is 11.0. The van der Waals surface area contributed by atoms with Crippen LogP contribution >= 0.6 is 0 Å². The number of aliphatic hydroxyl groups excluding tert-OH is 1. The summed E-state index contributed by atoms with van der Waals surface area (Å²) in [5.41, 5.74) is -0.219. The van der Waals surface area contributed by atoms with Crippen molar-refractivity contribution in [1.29, 1.82) is 0 Å². The number of esters is 1. The molecule has 0 spiro atoms. The highest BCUT2D eigenvalue weighted by Crippen LogP contribution is 2.64. The fourth-order valence-corrected chi connectivity index (χ4v) is 8.84. The first-order chi connectivity index (χ1) is 12.9. The molecule has 5 aliphatic carbocycles. The molecule has 5 rings (SSSR count). The highest BCUT2D eigenvalue weighted by Gasteiger charge is 2.62. The van der Waals surface area contributed by atoms with E-state index in [0.29, 0.717) is 23.7 Å². The fourth-order valence-electron chi connectivity index (χ4n) is 8.84. The van der Waals surface area contributed by atoms with E-state index in [4.69, 9.17) is 4.74 Å². The van der Waals surface area contributed by atoms with Crippen molar-refractivity contribution in [3.05, 3.63) is 0 Å². The van der Waals surface area contributed by atoms with E-state index in [2.05, 4.69) is 20.8 Å². The van der Waals surface area contributed by atoms with E-state index in [0.717, 1.165) is 48.9 Å². The lowest BCUT2D eigenvalue weighted by atomic mass is 9.71. The zero-order chi connectivity index (χ0) is 18.9. The largest absolute Gasteiger partial charge is 0.459 e. The molecule has 5 aliphatic rings. The summed E-state index contributed by atoms with van der Waals surface area (Å²) < 4.78 is 6.25. The molecule has 0 radical (unpaired) electrons. The summed E-state index contributed by atoms with van der Waals surface area (Å²) in [5.74, 6) is 6.10. The average Bonchev–Trinajstić information content (AvgIpc) is 3.40. The van der Waals surface area contributed by atoms with Crippen LogP contribution in [0.25, 0.3) is 0 Å². The summed E-state index contributed by atoms with van der Waals surface area (Å²) in [5, 5.41) is 10.9. The molecule has 0 aromatic carbocycles. The molecule has 11 unspecified atom stereocenters. The Kier molecular flexibility index (Phi) is 4.42. The monoisotopic (exact) mass is 374 g/mol. The van der Waals surface area contributed by atoms with Crippen LogP contribution in [0.5, 0.6) is 0 Å². The number of rotatable bonds is 5. The Morgan fingerprint density at radius 3 is 2.56 bits per heavy atom. The van der Waals surface area contributed by atoms with Crippen molar-refractivity contribution in [2.45, 2.75) is 90.3 Å². The van der Waals surface area contributed by atoms with Gasteiger partial charge in [-0.05, 0) is 92.3 Å². The summed E-state index contributed by atoms with van der Waals surface area (Å²) in [6, 6.07) is 0. The van der Waals surface area contributed by atoms with Gasteiger partial charge in [-0.3, -0.25) is 4.79 Å². The number of fused-ring (bicyclic) bond motifs is 7. The van der Waals surface area contributed by atoms with Gasteiger partial charge >= 0.3 is 5.97 Å². The third-order valence-corrected chi connectivity index (χ3v) is 10.3. The van der Waals surface area contributed by atoms with Gasteiger partial charge in [-0.15, -0.1) is 0 Å². The SMILES string of the molecule is CCC1(OC(=O)CC(O)C2CC3CC2C(C)C3C)CC2CC1C1CCCC21. The van der Waals surface area contributed by atoms with Crippen LogP contribution in [0.15, 0.2) is 0 Å². The van der Waals surface area contributed by atoms with Crippen LogP contribution in [0.1, 0.15) is 78.6 Å². The van der Waals surface area contributed by atoms with Gasteiger partial charge in [-0.2, -0.15) is 0 Å². The van der Waals surface area contributed by atoms with E-state index in [1.165, 1.54) is 32.1 Å². The van der Waals surface area contributed by atoms with Gasteiger partial charge in [0.05, 0.1) is 12.5 Å². The predicted molar refractivity (Wildman–Crippen MR) is 105 cm³/mol. The van der Waals surface area contributed by atoms with Gasteiger partial charge in [0.15, 0.2) is 0 Å². The van der Waals surface area contributed by atoms with Gasteiger partial charge < -0.3 is 9.84 Å². The first-order valence-corrected chi connectivity index (χ1v) is 11.8. The summed E-state index contributed by atoms with van der Waals surface area (Å²) in [6.45, 7) is 6.90. The van der Waals surface area contributed by atoms with Crippen LogP contribution in [-0.4, -0.2) is 22.8 Å². The molecule has 0 aromatic heterocycles. The molecule has 0 saturated heterocycles. The minimum absolute atomic E-state index is 0.130. The standard InChI is InChI=1S/C24H38O3/c1-4-24(12-16-10-21(24)18-7-5-6-17(16)18)27-23(26)11-22(25)20-9-15-8-19(20)14(3)13(15)2/h13-22,25H,4-12H2,1-3H3. The molecule has 152 valence electrons. The molecule has 0 aromatic rings. The molecule has 5 saturated carbocycles. The maximum absolute atomic E-state index is 12.9. The first-order valence-electron chi connectivity index (χ1n) is 11.8. The summed E-state index contributed by atoms with van der Waals surface area (Å²) in [6.07, 6.45) is 9.49. The highest BCUT2D eigenvalue weighted by molar-refractivity contribution is 5.70. The maximum Gasteiger partial charge on any atom is 0.308 e. The number of carbonyl (C=O) groups is 1. The quantitative estimate of drug-likeness (QED) is 0.702. The van der Waals surface area contributed by atoms with Crippen LogP contribution in [0.3, 0.4) is 0 Å². The minimum atomic E-state index is -0.505. The van der Waals surface area contributed by atoms with Crippen LogP contribution in [0.2, 0.25) is 0 Å². The number of hydrogen-bond donors (Lipinski definition) is 1. The van der Waals surface area contributed by atoms with Crippen molar-refractivity contribution in [2.24, 2.45) is 53.3 Å². The molecular weight excluding hydrogens is 336 g/mol. The molecule has 0 aliphatic heterocycles. The number of ether oxygens (including phenoxy) is 1. The van der Waals surface area contributed by atoms with E-state index in [1.807, 2.05) is 0 Å². The molecule has 1 N–H and O–H groups in total. The lowest BCUT2D eigenvalue weighted by Gasteiger charge is -2.42. The van der Waals surface area contributed by atoms with E-state index in [1.54, 1.807) is 0 Å².